The second-order valence-corrected chi connectivity index (χ2v) is 9.72. The molecule has 0 aromatic carbocycles. The molecule has 5 nitrogen and oxygen atoms in total. The molecule has 0 saturated heterocycles. The van der Waals surface area contributed by atoms with E-state index in [0.29, 0.717) is 43.9 Å². The molecule has 0 bridgehead atoms. The van der Waals surface area contributed by atoms with Gasteiger partial charge in [0.05, 0.1) is 17.3 Å². The standard InChI is InChI=1S/C21H34O5/c1-3-18(23)26-17-5-4-15-14-7-10-20(24)12-13(22)6-11-21(20,25)16(14)8-9-19(15,17)2/h13-17,22,24-25H,3-12H2,1-2H3/t13-,14+,15+,16+,17+,19+,20+,21+/m1/s1. The van der Waals surface area contributed by atoms with E-state index in [9.17, 15) is 20.1 Å². The van der Waals surface area contributed by atoms with Crippen LogP contribution in [-0.4, -0.2) is 44.7 Å². The lowest BCUT2D eigenvalue weighted by atomic mass is 9.47. The minimum Gasteiger partial charge on any atom is -0.462 e. The highest BCUT2D eigenvalue weighted by Gasteiger charge is 2.66. The Kier molecular flexibility index (Phi) is 4.44. The molecule has 4 fully saturated rings. The molecule has 0 aromatic rings. The lowest BCUT2D eigenvalue weighted by Gasteiger charge is -2.62. The van der Waals surface area contributed by atoms with E-state index in [4.69, 9.17) is 4.74 Å². The number of fused-ring (bicyclic) bond motifs is 5. The molecule has 0 aromatic heterocycles. The van der Waals surface area contributed by atoms with Crippen molar-refractivity contribution in [3.8, 4) is 0 Å². The molecule has 4 saturated carbocycles. The Balaban J connectivity index is 1.58. The van der Waals surface area contributed by atoms with Gasteiger partial charge in [-0.2, -0.15) is 0 Å². The molecule has 26 heavy (non-hydrogen) atoms. The summed E-state index contributed by atoms with van der Waals surface area (Å²) >= 11 is 0. The molecule has 0 amide bonds. The van der Waals surface area contributed by atoms with Gasteiger partial charge in [0.1, 0.15) is 6.10 Å². The normalized spacial score (nSPS) is 53.3. The number of aliphatic hydroxyl groups is 3. The van der Waals surface area contributed by atoms with Crippen molar-refractivity contribution in [1.29, 1.82) is 0 Å². The highest BCUT2D eigenvalue weighted by Crippen LogP contribution is 2.64. The van der Waals surface area contributed by atoms with Crippen molar-refractivity contribution in [2.45, 2.75) is 101 Å². The van der Waals surface area contributed by atoms with Crippen molar-refractivity contribution >= 4 is 5.97 Å². The third kappa shape index (κ3) is 2.50. The molecule has 8 atom stereocenters. The minimum absolute atomic E-state index is 0.00794. The molecule has 3 N–H and O–H groups in total. The zero-order valence-electron chi connectivity index (χ0n) is 16.1. The largest absolute Gasteiger partial charge is 0.462 e. The van der Waals surface area contributed by atoms with Crippen LogP contribution in [0.2, 0.25) is 0 Å². The van der Waals surface area contributed by atoms with Crippen LogP contribution in [0.15, 0.2) is 0 Å². The number of carbonyl (C=O) groups excluding carboxylic acids is 1. The predicted molar refractivity (Wildman–Crippen MR) is 96.2 cm³/mol. The maximum atomic E-state index is 11.9. The summed E-state index contributed by atoms with van der Waals surface area (Å²) in [6.45, 7) is 4.10. The van der Waals surface area contributed by atoms with Crippen molar-refractivity contribution in [2.75, 3.05) is 0 Å². The van der Waals surface area contributed by atoms with E-state index in [1.165, 1.54) is 0 Å². The van der Waals surface area contributed by atoms with Gasteiger partial charge in [-0.05, 0) is 69.1 Å². The Morgan fingerprint density at radius 1 is 1.04 bits per heavy atom. The van der Waals surface area contributed by atoms with Crippen molar-refractivity contribution < 1.29 is 24.9 Å². The zero-order valence-corrected chi connectivity index (χ0v) is 16.1. The Bertz CT molecular complexity index is 579. The number of esters is 1. The average molecular weight is 366 g/mol. The van der Waals surface area contributed by atoms with Crippen LogP contribution in [-0.2, 0) is 9.53 Å². The third-order valence-electron chi connectivity index (χ3n) is 8.66. The molecular formula is C21H34O5. The van der Waals surface area contributed by atoms with E-state index < -0.39 is 17.3 Å². The molecule has 5 heteroatoms. The second kappa shape index (κ2) is 6.18. The topological polar surface area (TPSA) is 87.0 Å². The molecule has 0 radical (unpaired) electrons. The van der Waals surface area contributed by atoms with Crippen LogP contribution in [0.25, 0.3) is 0 Å². The lowest BCUT2D eigenvalue weighted by molar-refractivity contribution is -0.266. The Morgan fingerprint density at radius 3 is 2.54 bits per heavy atom. The van der Waals surface area contributed by atoms with E-state index in [1.807, 2.05) is 6.92 Å². The van der Waals surface area contributed by atoms with Gasteiger partial charge in [-0.25, -0.2) is 0 Å². The first kappa shape index (κ1) is 18.7. The van der Waals surface area contributed by atoms with Crippen LogP contribution in [0, 0.1) is 23.2 Å². The Morgan fingerprint density at radius 2 is 1.81 bits per heavy atom. The fourth-order valence-corrected chi connectivity index (χ4v) is 7.21. The van der Waals surface area contributed by atoms with Gasteiger partial charge in [0.15, 0.2) is 0 Å². The first-order valence-electron chi connectivity index (χ1n) is 10.6. The summed E-state index contributed by atoms with van der Waals surface area (Å²) in [6.07, 6.45) is 6.47. The summed E-state index contributed by atoms with van der Waals surface area (Å²) < 4.78 is 5.79. The van der Waals surface area contributed by atoms with Crippen LogP contribution in [0.3, 0.4) is 0 Å². The van der Waals surface area contributed by atoms with Crippen molar-refractivity contribution in [1.82, 2.24) is 0 Å². The molecular weight excluding hydrogens is 332 g/mol. The Labute approximate surface area is 156 Å². The smallest absolute Gasteiger partial charge is 0.305 e. The molecule has 0 heterocycles. The number of hydrogen-bond acceptors (Lipinski definition) is 5. The van der Waals surface area contributed by atoms with Crippen molar-refractivity contribution in [2.24, 2.45) is 23.2 Å². The summed E-state index contributed by atoms with van der Waals surface area (Å²) in [6, 6.07) is 0. The van der Waals surface area contributed by atoms with Crippen LogP contribution >= 0.6 is 0 Å². The molecule has 0 spiro atoms. The number of carbonyl (C=O) groups is 1. The monoisotopic (exact) mass is 366 g/mol. The van der Waals surface area contributed by atoms with E-state index >= 15 is 0 Å². The fraction of sp³-hybridized carbons (Fsp3) is 0.952. The summed E-state index contributed by atoms with van der Waals surface area (Å²) in [5, 5.41) is 32.8. The summed E-state index contributed by atoms with van der Waals surface area (Å²) in [5.74, 6) is 0.792. The van der Waals surface area contributed by atoms with E-state index in [0.717, 1.165) is 32.1 Å². The molecule has 0 unspecified atom stereocenters. The van der Waals surface area contributed by atoms with E-state index in [1.54, 1.807) is 0 Å². The van der Waals surface area contributed by atoms with Gasteiger partial charge in [0.25, 0.3) is 0 Å². The number of rotatable bonds is 2. The van der Waals surface area contributed by atoms with Gasteiger partial charge in [0.2, 0.25) is 0 Å². The van der Waals surface area contributed by atoms with Gasteiger partial charge in [-0.15, -0.1) is 0 Å². The van der Waals surface area contributed by atoms with Crippen molar-refractivity contribution in [3.05, 3.63) is 0 Å². The van der Waals surface area contributed by atoms with Gasteiger partial charge in [-0.1, -0.05) is 13.8 Å². The summed E-state index contributed by atoms with van der Waals surface area (Å²) in [5.41, 5.74) is -2.23. The minimum atomic E-state index is -1.15. The SMILES string of the molecule is CCC(=O)O[C@H]1CC[C@H]2[C@@H]3CC[C@]4(O)C[C@H](O)CC[C@]4(O)[C@H]3CC[C@]12C. The van der Waals surface area contributed by atoms with E-state index in [-0.39, 0.29) is 23.4 Å². The molecule has 148 valence electrons. The number of aliphatic hydroxyl groups excluding tert-OH is 1. The highest BCUT2D eigenvalue weighted by atomic mass is 16.5. The van der Waals surface area contributed by atoms with Crippen LogP contribution in [0.1, 0.15) is 78.1 Å². The lowest BCUT2D eigenvalue weighted by Crippen LogP contribution is -2.68. The summed E-state index contributed by atoms with van der Waals surface area (Å²) in [7, 11) is 0. The molecule has 4 aliphatic rings. The molecule has 0 aliphatic heterocycles. The molecule has 4 aliphatic carbocycles. The van der Waals surface area contributed by atoms with Crippen LogP contribution in [0.4, 0.5) is 0 Å². The van der Waals surface area contributed by atoms with Gasteiger partial charge in [-0.3, -0.25) is 4.79 Å². The summed E-state index contributed by atoms with van der Waals surface area (Å²) in [4.78, 5) is 11.9. The average Bonchev–Trinajstić information content (AvgIpc) is 2.92. The van der Waals surface area contributed by atoms with Gasteiger partial charge in [0, 0.05) is 18.3 Å². The predicted octanol–water partition coefficient (Wildman–Crippen LogP) is 2.55. The third-order valence-corrected chi connectivity index (χ3v) is 8.66. The maximum Gasteiger partial charge on any atom is 0.305 e. The first-order valence-corrected chi connectivity index (χ1v) is 10.6. The van der Waals surface area contributed by atoms with E-state index in [2.05, 4.69) is 6.92 Å². The number of ether oxygens (including phenoxy) is 1. The quantitative estimate of drug-likeness (QED) is 0.654. The first-order chi connectivity index (χ1) is 12.2. The fourth-order valence-electron chi connectivity index (χ4n) is 7.21. The molecule has 4 rings (SSSR count). The van der Waals surface area contributed by atoms with Crippen LogP contribution < -0.4 is 0 Å². The number of hydrogen-bond donors (Lipinski definition) is 3. The second-order valence-electron chi connectivity index (χ2n) is 9.72. The van der Waals surface area contributed by atoms with Gasteiger partial charge >= 0.3 is 5.97 Å². The Hall–Kier alpha value is -0.650. The highest BCUT2D eigenvalue weighted by molar-refractivity contribution is 5.69. The van der Waals surface area contributed by atoms with Crippen molar-refractivity contribution in [3.63, 3.8) is 0 Å². The zero-order chi connectivity index (χ0) is 18.7. The van der Waals surface area contributed by atoms with Gasteiger partial charge < -0.3 is 20.1 Å². The maximum absolute atomic E-state index is 11.9. The van der Waals surface area contributed by atoms with Crippen LogP contribution in [0.5, 0.6) is 0 Å².